The first-order chi connectivity index (χ1) is 11.6. The molecule has 2 heterocycles. The number of aromatic nitrogens is 3. The fraction of sp³-hybridized carbons (Fsp3) is 0.200. The number of hydrogen-bond acceptors (Lipinski definition) is 5. The van der Waals surface area contributed by atoms with Crippen molar-refractivity contribution in [1.82, 2.24) is 15.0 Å². The first-order valence-electron chi connectivity index (χ1n) is 6.94. The number of fused-ring (bicyclic) bond motifs is 1. The summed E-state index contributed by atoms with van der Waals surface area (Å²) in [5.41, 5.74) is 0.540. The molecule has 0 amide bonds. The summed E-state index contributed by atoms with van der Waals surface area (Å²) < 4.78 is 37.7. The molecule has 6 nitrogen and oxygen atoms in total. The average molecular weight is 356 g/mol. The van der Waals surface area contributed by atoms with E-state index < -0.39 is 11.6 Å². The number of aliphatic hydroxyl groups excluding tert-OH is 1. The quantitative estimate of drug-likeness (QED) is 0.710. The maximum Gasteiger partial charge on any atom is 0.296 e. The summed E-state index contributed by atoms with van der Waals surface area (Å²) in [6.45, 7) is -0.452. The molecular weight excluding hydrogens is 344 g/mol. The summed E-state index contributed by atoms with van der Waals surface area (Å²) in [7, 11) is 0. The molecule has 2 aromatic heterocycles. The number of benzene rings is 1. The molecule has 0 bridgehead atoms. The molecule has 9 heteroatoms. The second-order valence-electron chi connectivity index (χ2n) is 4.75. The lowest BCUT2D eigenvalue weighted by Gasteiger charge is -2.08. The van der Waals surface area contributed by atoms with Gasteiger partial charge in [0.25, 0.3) is 6.01 Å². The topological polar surface area (TPSA) is 80.3 Å². The van der Waals surface area contributed by atoms with Crippen LogP contribution in [-0.2, 0) is 6.61 Å². The molecule has 0 fully saturated rings. The van der Waals surface area contributed by atoms with Crippen molar-refractivity contribution < 1.29 is 23.4 Å². The van der Waals surface area contributed by atoms with Gasteiger partial charge in [-0.15, -0.1) is 0 Å². The van der Waals surface area contributed by atoms with Crippen LogP contribution in [0.4, 0.5) is 8.78 Å². The van der Waals surface area contributed by atoms with Crippen molar-refractivity contribution in [2.75, 3.05) is 13.2 Å². The minimum absolute atomic E-state index is 0.00738. The van der Waals surface area contributed by atoms with E-state index in [1.54, 1.807) is 0 Å². The van der Waals surface area contributed by atoms with Crippen LogP contribution in [0.1, 0.15) is 5.56 Å². The van der Waals surface area contributed by atoms with Crippen molar-refractivity contribution in [2.24, 2.45) is 0 Å². The normalized spacial score (nSPS) is 11.0. The fourth-order valence-electron chi connectivity index (χ4n) is 2.00. The monoisotopic (exact) mass is 355 g/mol. The third kappa shape index (κ3) is 3.39. The van der Waals surface area contributed by atoms with Gasteiger partial charge in [0.05, 0.1) is 17.7 Å². The van der Waals surface area contributed by atoms with Gasteiger partial charge >= 0.3 is 0 Å². The second kappa shape index (κ2) is 6.98. The van der Waals surface area contributed by atoms with E-state index in [-0.39, 0.29) is 47.9 Å². The lowest BCUT2D eigenvalue weighted by Crippen LogP contribution is -2.03. The molecule has 126 valence electrons. The van der Waals surface area contributed by atoms with Gasteiger partial charge in [-0.2, -0.15) is 9.97 Å². The van der Waals surface area contributed by atoms with E-state index in [1.165, 1.54) is 12.1 Å². The Morgan fingerprint density at radius 2 is 1.92 bits per heavy atom. The molecule has 3 rings (SSSR count). The average Bonchev–Trinajstić information content (AvgIpc) is 2.94. The molecular formula is C15H12ClF2N3O3. The van der Waals surface area contributed by atoms with Crippen molar-refractivity contribution >= 4 is 22.8 Å². The summed E-state index contributed by atoms with van der Waals surface area (Å²) >= 11 is 6.06. The molecule has 0 spiro atoms. The van der Waals surface area contributed by atoms with E-state index in [2.05, 4.69) is 15.0 Å². The second-order valence-corrected chi connectivity index (χ2v) is 5.16. The van der Waals surface area contributed by atoms with Crippen LogP contribution >= 0.6 is 11.6 Å². The van der Waals surface area contributed by atoms with Gasteiger partial charge in [-0.1, -0.05) is 17.7 Å². The number of nitrogens with one attached hydrogen (secondary N) is 1. The van der Waals surface area contributed by atoms with Gasteiger partial charge in [0.15, 0.2) is 5.65 Å². The van der Waals surface area contributed by atoms with Crippen LogP contribution in [0.15, 0.2) is 24.3 Å². The Balaban J connectivity index is 1.82. The number of pyridine rings is 1. The van der Waals surface area contributed by atoms with E-state index in [1.807, 2.05) is 0 Å². The third-order valence-corrected chi connectivity index (χ3v) is 3.39. The van der Waals surface area contributed by atoms with Gasteiger partial charge in [0.1, 0.15) is 29.9 Å². The predicted octanol–water partition coefficient (Wildman–Crippen LogP) is 2.84. The zero-order chi connectivity index (χ0) is 17.1. The maximum atomic E-state index is 13.6. The zero-order valence-electron chi connectivity index (χ0n) is 12.2. The first-order valence-corrected chi connectivity index (χ1v) is 7.32. The van der Waals surface area contributed by atoms with Gasteiger partial charge < -0.3 is 19.6 Å². The predicted molar refractivity (Wildman–Crippen MR) is 82.2 cm³/mol. The number of imidazole rings is 1. The minimum Gasteiger partial charge on any atom is -0.471 e. The van der Waals surface area contributed by atoms with Gasteiger partial charge in [-0.25, -0.2) is 8.78 Å². The summed E-state index contributed by atoms with van der Waals surface area (Å²) in [6.07, 6.45) is 0. The maximum absolute atomic E-state index is 13.6. The highest BCUT2D eigenvalue weighted by Gasteiger charge is 2.14. The smallest absolute Gasteiger partial charge is 0.296 e. The Hall–Kier alpha value is -2.45. The van der Waals surface area contributed by atoms with E-state index in [4.69, 9.17) is 26.2 Å². The van der Waals surface area contributed by atoms with E-state index in [0.717, 1.165) is 12.1 Å². The fourth-order valence-corrected chi connectivity index (χ4v) is 2.21. The zero-order valence-corrected chi connectivity index (χ0v) is 13.0. The highest BCUT2D eigenvalue weighted by atomic mass is 35.5. The molecule has 0 saturated heterocycles. The van der Waals surface area contributed by atoms with Crippen molar-refractivity contribution in [3.05, 3.63) is 46.5 Å². The van der Waals surface area contributed by atoms with Crippen molar-refractivity contribution in [1.29, 1.82) is 0 Å². The minimum atomic E-state index is -0.716. The lowest BCUT2D eigenvalue weighted by molar-refractivity contribution is 0.193. The van der Waals surface area contributed by atoms with Gasteiger partial charge in [0.2, 0.25) is 5.88 Å². The van der Waals surface area contributed by atoms with Crippen LogP contribution in [0.2, 0.25) is 5.02 Å². The number of halogens is 3. The molecule has 24 heavy (non-hydrogen) atoms. The summed E-state index contributed by atoms with van der Waals surface area (Å²) in [5.74, 6) is -1.44. The summed E-state index contributed by atoms with van der Waals surface area (Å²) in [4.78, 5) is 11.0. The number of nitrogens with zero attached hydrogens (tertiary/aromatic N) is 2. The molecule has 0 aliphatic rings. The molecule has 0 atom stereocenters. The molecule has 0 radical (unpaired) electrons. The van der Waals surface area contributed by atoms with E-state index >= 15 is 0 Å². The van der Waals surface area contributed by atoms with Crippen LogP contribution in [0.5, 0.6) is 11.9 Å². The van der Waals surface area contributed by atoms with Crippen LogP contribution in [0.3, 0.4) is 0 Å². The number of hydrogen-bond donors (Lipinski definition) is 2. The summed E-state index contributed by atoms with van der Waals surface area (Å²) in [6, 6.07) is 5.22. The first kappa shape index (κ1) is 16.4. The molecule has 1 aromatic carbocycles. The number of aromatic amines is 1. The lowest BCUT2D eigenvalue weighted by atomic mass is 10.2. The van der Waals surface area contributed by atoms with Crippen molar-refractivity contribution in [3.8, 4) is 11.9 Å². The highest BCUT2D eigenvalue weighted by molar-refractivity contribution is 6.32. The van der Waals surface area contributed by atoms with Crippen LogP contribution in [0.25, 0.3) is 11.2 Å². The van der Waals surface area contributed by atoms with E-state index in [9.17, 15) is 8.78 Å². The molecule has 0 aliphatic heterocycles. The number of ether oxygens (including phenoxy) is 2. The molecule has 2 N–H and O–H groups in total. The SMILES string of the molecule is OCCOc1nc2nc(OCc3c(F)cccc3F)c(Cl)cc2[nH]1. The van der Waals surface area contributed by atoms with Crippen LogP contribution in [0, 0.1) is 11.6 Å². The third-order valence-electron chi connectivity index (χ3n) is 3.12. The van der Waals surface area contributed by atoms with Crippen molar-refractivity contribution in [3.63, 3.8) is 0 Å². The summed E-state index contributed by atoms with van der Waals surface area (Å²) in [5, 5.41) is 8.88. The molecule has 0 aliphatic carbocycles. The molecule has 3 aromatic rings. The Bertz CT molecular complexity index is 852. The van der Waals surface area contributed by atoms with Crippen molar-refractivity contribution in [2.45, 2.75) is 6.61 Å². The Morgan fingerprint density at radius 1 is 1.17 bits per heavy atom. The Morgan fingerprint density at radius 3 is 2.62 bits per heavy atom. The number of aliphatic hydroxyl groups is 1. The van der Waals surface area contributed by atoms with Gasteiger partial charge in [0, 0.05) is 0 Å². The number of rotatable bonds is 6. The molecule has 0 unspecified atom stereocenters. The van der Waals surface area contributed by atoms with Crippen LogP contribution < -0.4 is 9.47 Å². The standard InChI is InChI=1S/C15H12ClF2N3O3/c16-9-6-12-13(21-15(19-12)23-5-4-22)20-14(9)24-7-8-10(17)2-1-3-11(8)18/h1-3,6,22H,4-5,7H2,(H,19,20,21). The Labute approximate surface area is 140 Å². The van der Waals surface area contributed by atoms with Gasteiger partial charge in [-0.05, 0) is 18.2 Å². The molecule has 0 saturated carbocycles. The largest absolute Gasteiger partial charge is 0.471 e. The Kier molecular flexibility index (Phi) is 4.77. The highest BCUT2D eigenvalue weighted by Crippen LogP contribution is 2.28. The number of H-pyrrole nitrogens is 1. The van der Waals surface area contributed by atoms with Crippen LogP contribution in [-0.4, -0.2) is 33.3 Å². The van der Waals surface area contributed by atoms with E-state index in [0.29, 0.717) is 5.52 Å². The van der Waals surface area contributed by atoms with Gasteiger partial charge in [-0.3, -0.25) is 0 Å².